The molecule has 2 unspecified atom stereocenters. The first kappa shape index (κ1) is 26.0. The molecule has 2 aliphatic heterocycles. The molecule has 0 aliphatic carbocycles. The zero-order valence-electron chi connectivity index (χ0n) is 18.1. The average molecular weight is 557 g/mol. The molecular weight excluding hydrogens is 541 g/mol. The second-order valence-electron chi connectivity index (χ2n) is 7.16. The minimum Gasteiger partial charge on any atom is -0.480 e. The standard InChI is InChI=1S/C24H16N2O6S4/c27-21(25-15-9-11-33-19(15)23(29)30)13-5-1-3-7-17(13)35-36-18-8-4-2-6-14(18)22(28)26-16-10-12-34-20(16)24(31)32/h1-12,19-20H,(H,29,30)(H,31,32). The fraction of sp³-hybridized carbons (Fsp3) is 0.0833. The van der Waals surface area contributed by atoms with Crippen LogP contribution in [-0.4, -0.2) is 55.9 Å². The average Bonchev–Trinajstić information content (AvgIpc) is 3.52. The van der Waals surface area contributed by atoms with Crippen LogP contribution in [0.2, 0.25) is 0 Å². The van der Waals surface area contributed by atoms with Crippen LogP contribution in [0.25, 0.3) is 0 Å². The summed E-state index contributed by atoms with van der Waals surface area (Å²) in [6.45, 7) is 0. The summed E-state index contributed by atoms with van der Waals surface area (Å²) in [5.41, 5.74) is 0.967. The van der Waals surface area contributed by atoms with Crippen molar-refractivity contribution in [3.8, 4) is 0 Å². The van der Waals surface area contributed by atoms with Crippen molar-refractivity contribution in [3.05, 3.63) is 82.6 Å². The van der Waals surface area contributed by atoms with Gasteiger partial charge in [-0.25, -0.2) is 9.98 Å². The van der Waals surface area contributed by atoms with Gasteiger partial charge < -0.3 is 10.2 Å². The van der Waals surface area contributed by atoms with E-state index in [1.54, 1.807) is 59.3 Å². The van der Waals surface area contributed by atoms with Crippen molar-refractivity contribution in [3.63, 3.8) is 0 Å². The van der Waals surface area contributed by atoms with Gasteiger partial charge >= 0.3 is 11.9 Å². The number of nitrogens with zero attached hydrogens (tertiary/aromatic N) is 2. The Morgan fingerprint density at radius 3 is 1.44 bits per heavy atom. The highest BCUT2D eigenvalue weighted by Gasteiger charge is 2.28. The van der Waals surface area contributed by atoms with E-state index in [0.717, 1.165) is 23.5 Å². The van der Waals surface area contributed by atoms with Crippen LogP contribution in [0.15, 0.2) is 91.3 Å². The van der Waals surface area contributed by atoms with Crippen molar-refractivity contribution in [2.45, 2.75) is 20.3 Å². The minimum absolute atomic E-state index is 0.179. The Bertz CT molecular complexity index is 1260. The first-order valence-electron chi connectivity index (χ1n) is 10.2. The lowest BCUT2D eigenvalue weighted by atomic mass is 10.2. The van der Waals surface area contributed by atoms with Crippen LogP contribution in [0.5, 0.6) is 0 Å². The van der Waals surface area contributed by atoms with Crippen molar-refractivity contribution >= 4 is 80.3 Å². The van der Waals surface area contributed by atoms with Gasteiger partial charge in [0.2, 0.25) is 0 Å². The summed E-state index contributed by atoms with van der Waals surface area (Å²) in [5, 5.41) is 20.0. The molecule has 2 amide bonds. The molecule has 12 heteroatoms. The molecule has 2 aromatic carbocycles. The molecule has 0 spiro atoms. The molecule has 0 aromatic heterocycles. The van der Waals surface area contributed by atoms with E-state index in [9.17, 15) is 29.4 Å². The largest absolute Gasteiger partial charge is 0.480 e. The van der Waals surface area contributed by atoms with Crippen LogP contribution >= 0.6 is 45.1 Å². The summed E-state index contributed by atoms with van der Waals surface area (Å²) in [7, 11) is 2.49. The maximum atomic E-state index is 12.9. The molecule has 2 aromatic rings. The van der Waals surface area contributed by atoms with Crippen molar-refractivity contribution in [2.75, 3.05) is 0 Å². The number of thioether (sulfide) groups is 2. The smallest absolute Gasteiger partial charge is 0.323 e. The Morgan fingerprint density at radius 2 is 1.06 bits per heavy atom. The van der Waals surface area contributed by atoms with Crippen LogP contribution in [0.4, 0.5) is 0 Å². The molecule has 2 aliphatic rings. The molecule has 2 atom stereocenters. The zero-order valence-corrected chi connectivity index (χ0v) is 21.4. The number of allylic oxidation sites excluding steroid dienone is 2. The number of amides is 2. The fourth-order valence-corrected chi connectivity index (χ4v) is 7.00. The third-order valence-electron chi connectivity index (χ3n) is 4.81. The van der Waals surface area contributed by atoms with Gasteiger partial charge in [-0.05, 0) is 47.2 Å². The SMILES string of the molecule is O=C(N=C1C=CSC1C(=O)O)c1ccccc1SSc1ccccc1C(=O)N=C1C=CSC1C(=O)O. The normalized spacial score (nSPS) is 20.8. The maximum absolute atomic E-state index is 12.9. The summed E-state index contributed by atoms with van der Waals surface area (Å²) in [5.74, 6) is -3.26. The highest BCUT2D eigenvalue weighted by molar-refractivity contribution is 8.76. The number of hydrogen-bond donors (Lipinski definition) is 2. The van der Waals surface area contributed by atoms with E-state index in [-0.39, 0.29) is 11.4 Å². The monoisotopic (exact) mass is 556 g/mol. The van der Waals surface area contributed by atoms with Gasteiger partial charge in [-0.1, -0.05) is 45.9 Å². The molecule has 4 rings (SSSR count). The lowest BCUT2D eigenvalue weighted by Crippen LogP contribution is -2.23. The first-order chi connectivity index (χ1) is 17.3. The van der Waals surface area contributed by atoms with Gasteiger partial charge in [-0.3, -0.25) is 19.2 Å². The van der Waals surface area contributed by atoms with Gasteiger partial charge in [0.25, 0.3) is 11.8 Å². The molecular formula is C24H16N2O6S4. The second kappa shape index (κ2) is 11.8. The topological polar surface area (TPSA) is 133 Å². The van der Waals surface area contributed by atoms with Gasteiger partial charge in [-0.15, -0.1) is 23.5 Å². The van der Waals surface area contributed by atoms with Crippen LogP contribution in [0.1, 0.15) is 20.7 Å². The predicted octanol–water partition coefficient (Wildman–Crippen LogP) is 5.08. The number of carbonyl (C=O) groups is 4. The van der Waals surface area contributed by atoms with Crippen molar-refractivity contribution in [1.29, 1.82) is 0 Å². The summed E-state index contributed by atoms with van der Waals surface area (Å²) in [4.78, 5) is 57.7. The number of carbonyl (C=O) groups excluding carboxylic acids is 2. The third-order valence-corrected chi connectivity index (χ3v) is 9.31. The Hall–Kier alpha value is -3.06. The molecule has 0 saturated heterocycles. The van der Waals surface area contributed by atoms with E-state index in [0.29, 0.717) is 20.9 Å². The minimum atomic E-state index is -1.07. The molecule has 0 saturated carbocycles. The van der Waals surface area contributed by atoms with Gasteiger partial charge in [0.05, 0.1) is 22.6 Å². The molecule has 0 fully saturated rings. The zero-order chi connectivity index (χ0) is 25.7. The Balaban J connectivity index is 1.54. The number of hydrogen-bond acceptors (Lipinski definition) is 8. The number of carboxylic acids is 2. The summed E-state index contributed by atoms with van der Waals surface area (Å²) in [6.07, 6.45) is 3.03. The lowest BCUT2D eigenvalue weighted by Gasteiger charge is -2.09. The molecule has 2 heterocycles. The number of aliphatic carboxylic acids is 2. The number of aliphatic imine (C=N–C) groups is 2. The fourth-order valence-electron chi connectivity index (χ4n) is 3.13. The highest BCUT2D eigenvalue weighted by Crippen LogP contribution is 2.41. The molecule has 0 bridgehead atoms. The third kappa shape index (κ3) is 6.01. The highest BCUT2D eigenvalue weighted by atomic mass is 33.1. The van der Waals surface area contributed by atoms with Gasteiger partial charge in [-0.2, -0.15) is 0 Å². The Labute approximate surface area is 221 Å². The molecule has 2 N–H and O–H groups in total. The Kier molecular flexibility index (Phi) is 8.52. The van der Waals surface area contributed by atoms with E-state index in [4.69, 9.17) is 0 Å². The van der Waals surface area contributed by atoms with E-state index < -0.39 is 34.3 Å². The number of carboxylic acid groups (broad SMARTS) is 2. The van der Waals surface area contributed by atoms with Crippen LogP contribution in [0.3, 0.4) is 0 Å². The first-order valence-corrected chi connectivity index (χ1v) is 14.3. The predicted molar refractivity (Wildman–Crippen MR) is 144 cm³/mol. The van der Waals surface area contributed by atoms with Crippen molar-refractivity contribution in [2.24, 2.45) is 9.98 Å². The van der Waals surface area contributed by atoms with Gasteiger partial charge in [0, 0.05) is 9.79 Å². The van der Waals surface area contributed by atoms with Crippen LogP contribution < -0.4 is 0 Å². The molecule has 8 nitrogen and oxygen atoms in total. The molecule has 182 valence electrons. The van der Waals surface area contributed by atoms with Gasteiger partial charge in [0.15, 0.2) is 0 Å². The van der Waals surface area contributed by atoms with Crippen LogP contribution in [-0.2, 0) is 9.59 Å². The molecule has 0 radical (unpaired) electrons. The van der Waals surface area contributed by atoms with E-state index in [2.05, 4.69) is 9.98 Å². The lowest BCUT2D eigenvalue weighted by molar-refractivity contribution is -0.136. The van der Waals surface area contributed by atoms with E-state index in [1.165, 1.54) is 33.7 Å². The second-order valence-corrected chi connectivity index (χ2v) is 11.4. The summed E-state index contributed by atoms with van der Waals surface area (Å²) >= 11 is 2.14. The summed E-state index contributed by atoms with van der Waals surface area (Å²) in [6, 6.07) is 13.6. The maximum Gasteiger partial charge on any atom is 0.323 e. The number of benzene rings is 2. The quantitative estimate of drug-likeness (QED) is 0.445. The summed E-state index contributed by atoms with van der Waals surface area (Å²) < 4.78 is 0. The van der Waals surface area contributed by atoms with E-state index >= 15 is 0 Å². The Morgan fingerprint density at radius 1 is 0.667 bits per heavy atom. The van der Waals surface area contributed by atoms with Crippen molar-refractivity contribution < 1.29 is 29.4 Å². The van der Waals surface area contributed by atoms with Crippen molar-refractivity contribution in [1.82, 2.24) is 0 Å². The molecule has 36 heavy (non-hydrogen) atoms. The number of rotatable bonds is 7. The van der Waals surface area contributed by atoms with Crippen LogP contribution in [0, 0.1) is 0 Å². The van der Waals surface area contributed by atoms with Gasteiger partial charge in [0.1, 0.15) is 10.5 Å². The van der Waals surface area contributed by atoms with E-state index in [1.807, 2.05) is 0 Å².